The number of rotatable bonds is 5. The van der Waals surface area contributed by atoms with Crippen LogP contribution < -0.4 is 0 Å². The van der Waals surface area contributed by atoms with Crippen molar-refractivity contribution < 1.29 is 14.7 Å². The Labute approximate surface area is 115 Å². The lowest BCUT2D eigenvalue weighted by Crippen LogP contribution is -2.01. The van der Waals surface area contributed by atoms with Gasteiger partial charge >= 0.3 is 5.97 Å². The summed E-state index contributed by atoms with van der Waals surface area (Å²) in [6, 6.07) is 5.38. The van der Waals surface area contributed by atoms with Crippen LogP contribution in [0.5, 0.6) is 0 Å². The van der Waals surface area contributed by atoms with Crippen molar-refractivity contribution in [2.24, 2.45) is 0 Å². The van der Waals surface area contributed by atoms with E-state index in [9.17, 15) is 9.59 Å². The Hall–Kier alpha value is -1.81. The van der Waals surface area contributed by atoms with E-state index in [2.05, 4.69) is 0 Å². The number of benzene rings is 1. The van der Waals surface area contributed by atoms with Gasteiger partial charge < -0.3 is 9.67 Å². The fraction of sp³-hybridized carbons (Fsp3) is 0.286. The van der Waals surface area contributed by atoms with E-state index in [4.69, 9.17) is 16.7 Å². The van der Waals surface area contributed by atoms with Crippen molar-refractivity contribution in [3.63, 3.8) is 0 Å². The van der Waals surface area contributed by atoms with E-state index in [1.54, 1.807) is 18.3 Å². The van der Waals surface area contributed by atoms with Crippen LogP contribution in [0.25, 0.3) is 10.9 Å². The maximum Gasteiger partial charge on any atom is 0.303 e. The first-order chi connectivity index (χ1) is 8.99. The molecule has 1 aromatic heterocycles. The van der Waals surface area contributed by atoms with Crippen LogP contribution in [-0.4, -0.2) is 21.4 Å². The molecular weight excluding hydrogens is 266 g/mol. The van der Waals surface area contributed by atoms with Crippen LogP contribution in [0.2, 0.25) is 5.02 Å². The van der Waals surface area contributed by atoms with Crippen LogP contribution in [-0.2, 0) is 11.3 Å². The summed E-state index contributed by atoms with van der Waals surface area (Å²) >= 11 is 5.95. The molecule has 0 bridgehead atoms. The normalized spacial score (nSPS) is 10.8. The molecule has 100 valence electrons. The summed E-state index contributed by atoms with van der Waals surface area (Å²) in [5.41, 5.74) is 1.52. The number of aliphatic carboxylic acids is 1. The quantitative estimate of drug-likeness (QED) is 0.854. The Morgan fingerprint density at radius 1 is 1.37 bits per heavy atom. The van der Waals surface area contributed by atoms with Gasteiger partial charge in [-0.2, -0.15) is 0 Å². The van der Waals surface area contributed by atoms with Gasteiger partial charge in [0.15, 0.2) is 5.78 Å². The van der Waals surface area contributed by atoms with Crippen LogP contribution >= 0.6 is 11.6 Å². The van der Waals surface area contributed by atoms with Gasteiger partial charge in [-0.25, -0.2) is 0 Å². The number of carbonyl (C=O) groups excluding carboxylic acids is 1. The molecular formula is C14H14ClNO3. The van der Waals surface area contributed by atoms with Gasteiger partial charge in [0.25, 0.3) is 0 Å². The number of fused-ring (bicyclic) bond motifs is 1. The SMILES string of the molecule is CC(=O)c1cn(CCCC(=O)O)c2ccc(Cl)cc12. The molecule has 4 nitrogen and oxygen atoms in total. The van der Waals surface area contributed by atoms with E-state index in [0.29, 0.717) is 23.6 Å². The molecule has 0 saturated carbocycles. The van der Waals surface area contributed by atoms with Crippen molar-refractivity contribution in [2.75, 3.05) is 0 Å². The molecule has 0 atom stereocenters. The minimum atomic E-state index is -0.814. The summed E-state index contributed by atoms with van der Waals surface area (Å²) in [4.78, 5) is 22.1. The second-order valence-electron chi connectivity index (χ2n) is 4.45. The smallest absolute Gasteiger partial charge is 0.303 e. The van der Waals surface area contributed by atoms with Crippen LogP contribution in [0.1, 0.15) is 30.1 Å². The minimum absolute atomic E-state index is 0.0238. The van der Waals surface area contributed by atoms with Crippen LogP contribution in [0.4, 0.5) is 0 Å². The highest BCUT2D eigenvalue weighted by molar-refractivity contribution is 6.31. The number of carbonyl (C=O) groups is 2. The van der Waals surface area contributed by atoms with Crippen LogP contribution in [0.3, 0.4) is 0 Å². The van der Waals surface area contributed by atoms with Crippen molar-refractivity contribution in [2.45, 2.75) is 26.3 Å². The lowest BCUT2D eigenvalue weighted by molar-refractivity contribution is -0.137. The highest BCUT2D eigenvalue weighted by Crippen LogP contribution is 2.25. The Morgan fingerprint density at radius 3 is 2.74 bits per heavy atom. The second kappa shape index (κ2) is 5.45. The molecule has 1 N–H and O–H groups in total. The maximum absolute atomic E-state index is 11.6. The lowest BCUT2D eigenvalue weighted by atomic mass is 10.1. The van der Waals surface area contributed by atoms with Gasteiger partial charge in [0, 0.05) is 40.7 Å². The zero-order valence-corrected chi connectivity index (χ0v) is 11.3. The topological polar surface area (TPSA) is 59.3 Å². The van der Waals surface area contributed by atoms with E-state index >= 15 is 0 Å². The number of hydrogen-bond acceptors (Lipinski definition) is 2. The number of Topliss-reactive ketones (excluding diaryl/α,β-unsaturated/α-hetero) is 1. The first kappa shape index (κ1) is 13.6. The molecule has 0 amide bonds. The third kappa shape index (κ3) is 2.96. The first-order valence-corrected chi connectivity index (χ1v) is 6.38. The largest absolute Gasteiger partial charge is 0.481 e. The number of carboxylic acids is 1. The number of halogens is 1. The highest BCUT2D eigenvalue weighted by atomic mass is 35.5. The van der Waals surface area contributed by atoms with E-state index in [-0.39, 0.29) is 12.2 Å². The van der Waals surface area contributed by atoms with Gasteiger partial charge in [-0.1, -0.05) is 11.6 Å². The average Bonchev–Trinajstić information content (AvgIpc) is 2.67. The van der Waals surface area contributed by atoms with Crippen LogP contribution in [0.15, 0.2) is 24.4 Å². The van der Waals surface area contributed by atoms with Crippen molar-refractivity contribution in [3.05, 3.63) is 35.0 Å². The molecule has 0 aliphatic heterocycles. The summed E-state index contributed by atoms with van der Waals surface area (Å²) in [6.45, 7) is 2.08. The molecule has 0 aliphatic rings. The lowest BCUT2D eigenvalue weighted by Gasteiger charge is -2.03. The Balaban J connectivity index is 2.38. The summed E-state index contributed by atoms with van der Waals surface area (Å²) in [6.07, 6.45) is 2.41. The molecule has 1 heterocycles. The first-order valence-electron chi connectivity index (χ1n) is 6.00. The summed E-state index contributed by atoms with van der Waals surface area (Å²) in [7, 11) is 0. The zero-order valence-electron chi connectivity index (χ0n) is 10.5. The fourth-order valence-electron chi connectivity index (χ4n) is 2.14. The standard InChI is InChI=1S/C14H14ClNO3/c1-9(17)12-8-16(6-2-3-14(18)19)13-5-4-10(15)7-11(12)13/h4-5,7-8H,2-3,6H2,1H3,(H,18,19). The van der Waals surface area contributed by atoms with Crippen molar-refractivity contribution in [3.8, 4) is 0 Å². The minimum Gasteiger partial charge on any atom is -0.481 e. The Bertz CT molecular complexity index is 645. The Kier molecular flexibility index (Phi) is 3.90. The third-order valence-corrected chi connectivity index (χ3v) is 3.25. The van der Waals surface area contributed by atoms with Gasteiger partial charge in [-0.15, -0.1) is 0 Å². The molecule has 0 saturated heterocycles. The molecule has 19 heavy (non-hydrogen) atoms. The molecule has 0 spiro atoms. The molecule has 5 heteroatoms. The zero-order chi connectivity index (χ0) is 14.0. The monoisotopic (exact) mass is 279 g/mol. The predicted molar refractivity (Wildman–Crippen MR) is 73.8 cm³/mol. The molecule has 0 radical (unpaired) electrons. The molecule has 2 rings (SSSR count). The van der Waals surface area contributed by atoms with Crippen LogP contribution in [0, 0.1) is 0 Å². The molecule has 2 aromatic rings. The van der Waals surface area contributed by atoms with E-state index in [1.165, 1.54) is 6.92 Å². The van der Waals surface area contributed by atoms with Crippen molar-refractivity contribution >= 4 is 34.3 Å². The molecule has 0 aliphatic carbocycles. The summed E-state index contributed by atoms with van der Waals surface area (Å²) in [5, 5.41) is 10.1. The number of carboxylic acid groups (broad SMARTS) is 1. The van der Waals surface area contributed by atoms with Gasteiger partial charge in [-0.3, -0.25) is 9.59 Å². The maximum atomic E-state index is 11.6. The Morgan fingerprint density at radius 2 is 2.11 bits per heavy atom. The molecule has 1 aromatic carbocycles. The van der Waals surface area contributed by atoms with Crippen molar-refractivity contribution in [1.29, 1.82) is 0 Å². The number of aromatic nitrogens is 1. The second-order valence-corrected chi connectivity index (χ2v) is 4.89. The fourth-order valence-corrected chi connectivity index (χ4v) is 2.31. The molecule has 0 unspecified atom stereocenters. The van der Waals surface area contributed by atoms with Gasteiger partial charge in [0.1, 0.15) is 0 Å². The van der Waals surface area contributed by atoms with Gasteiger partial charge in [-0.05, 0) is 31.5 Å². The number of aryl methyl sites for hydroxylation is 1. The number of nitrogens with zero attached hydrogens (tertiary/aromatic N) is 1. The number of hydrogen-bond donors (Lipinski definition) is 1. The van der Waals surface area contributed by atoms with Gasteiger partial charge in [0.05, 0.1) is 0 Å². The average molecular weight is 280 g/mol. The van der Waals surface area contributed by atoms with E-state index in [1.807, 2.05) is 10.6 Å². The third-order valence-electron chi connectivity index (χ3n) is 3.01. The van der Waals surface area contributed by atoms with E-state index < -0.39 is 5.97 Å². The summed E-state index contributed by atoms with van der Waals surface area (Å²) < 4.78 is 1.91. The highest BCUT2D eigenvalue weighted by Gasteiger charge is 2.12. The summed E-state index contributed by atoms with van der Waals surface area (Å²) in [5.74, 6) is -0.837. The van der Waals surface area contributed by atoms with Crippen molar-refractivity contribution in [1.82, 2.24) is 4.57 Å². The van der Waals surface area contributed by atoms with E-state index in [0.717, 1.165) is 10.9 Å². The molecule has 0 fully saturated rings. The predicted octanol–water partition coefficient (Wildman–Crippen LogP) is 3.36. The number of ketones is 1. The van der Waals surface area contributed by atoms with Gasteiger partial charge in [0.2, 0.25) is 0 Å².